The van der Waals surface area contributed by atoms with Crippen molar-refractivity contribution in [3.8, 4) is 5.75 Å². The van der Waals surface area contributed by atoms with Gasteiger partial charge in [0.15, 0.2) is 0 Å². The normalized spacial score (nSPS) is 11.1. The van der Waals surface area contributed by atoms with Gasteiger partial charge in [-0.15, -0.1) is 0 Å². The molecule has 0 aliphatic rings. The Bertz CT molecular complexity index is 1330. The minimum absolute atomic E-state index is 0.403. The maximum absolute atomic E-state index is 11.9. The number of aryl methyl sites for hydroxylation is 2. The summed E-state index contributed by atoms with van der Waals surface area (Å²) in [5.74, 6) is 0.314. The fourth-order valence-electron chi connectivity index (χ4n) is 3.99. The Morgan fingerprint density at radius 2 is 1.57 bits per heavy atom. The molecule has 4 aromatic rings. The molecule has 0 bridgehead atoms. The summed E-state index contributed by atoms with van der Waals surface area (Å²) in [5, 5.41) is 10.9. The lowest BCUT2D eigenvalue weighted by Crippen LogP contribution is -2.18. The molecule has 0 spiro atoms. The molecule has 4 rings (SSSR count). The summed E-state index contributed by atoms with van der Waals surface area (Å²) in [7, 11) is 3.68. The number of carbonyl (C=O) groups excluding carboxylic acids is 1. The number of hydrogen-bond acceptors (Lipinski definition) is 3. The summed E-state index contributed by atoms with van der Waals surface area (Å²) in [6, 6.07) is 15.8. The molecule has 5 nitrogen and oxygen atoms in total. The van der Waals surface area contributed by atoms with Crippen LogP contribution in [0.4, 0.5) is 0 Å². The first kappa shape index (κ1) is 19.7. The molecule has 3 aromatic carbocycles. The number of hydrogen-bond donors (Lipinski definition) is 2. The molecule has 30 heavy (non-hydrogen) atoms. The van der Waals surface area contributed by atoms with Crippen LogP contribution in [0.3, 0.4) is 0 Å². The van der Waals surface area contributed by atoms with Crippen molar-refractivity contribution in [2.75, 3.05) is 7.11 Å². The van der Waals surface area contributed by atoms with Crippen molar-refractivity contribution >= 4 is 33.3 Å². The van der Waals surface area contributed by atoms with E-state index in [1.807, 2.05) is 26.1 Å². The molecule has 1 amide bonds. The lowest BCUT2D eigenvalue weighted by molar-refractivity contribution is 0.0706. The van der Waals surface area contributed by atoms with Crippen molar-refractivity contribution in [1.29, 1.82) is 0 Å². The summed E-state index contributed by atoms with van der Waals surface area (Å²) in [5.41, 5.74) is 9.35. The maximum atomic E-state index is 11.9. The molecule has 0 aliphatic carbocycles. The minimum Gasteiger partial charge on any atom is -0.496 e. The zero-order valence-corrected chi connectivity index (χ0v) is 17.5. The molecule has 0 saturated carbocycles. The van der Waals surface area contributed by atoms with Gasteiger partial charge in [-0.2, -0.15) is 0 Å². The molecule has 2 N–H and O–H groups in total. The first-order chi connectivity index (χ1) is 14.3. The van der Waals surface area contributed by atoms with E-state index < -0.39 is 5.91 Å². The van der Waals surface area contributed by atoms with Crippen LogP contribution in [0.15, 0.2) is 55.1 Å². The molecule has 0 aliphatic heterocycles. The van der Waals surface area contributed by atoms with Crippen LogP contribution in [0, 0.1) is 13.8 Å². The molecule has 1 aromatic heterocycles. The summed E-state index contributed by atoms with van der Waals surface area (Å²) in [6.45, 7) is 8.44. The van der Waals surface area contributed by atoms with Crippen LogP contribution in [0.25, 0.3) is 27.4 Å². The van der Waals surface area contributed by atoms with Crippen molar-refractivity contribution < 1.29 is 14.7 Å². The van der Waals surface area contributed by atoms with Gasteiger partial charge >= 0.3 is 0 Å². The van der Waals surface area contributed by atoms with Crippen LogP contribution < -0.4 is 10.2 Å². The van der Waals surface area contributed by atoms with E-state index in [2.05, 4.69) is 42.3 Å². The highest BCUT2D eigenvalue weighted by Crippen LogP contribution is 2.34. The van der Waals surface area contributed by atoms with Crippen molar-refractivity contribution in [2.24, 2.45) is 7.05 Å². The fourth-order valence-corrected chi connectivity index (χ4v) is 3.99. The highest BCUT2D eigenvalue weighted by atomic mass is 16.5. The maximum Gasteiger partial charge on any atom is 0.274 e. The van der Waals surface area contributed by atoms with Gasteiger partial charge in [0, 0.05) is 34.4 Å². The van der Waals surface area contributed by atoms with Crippen molar-refractivity contribution in [1.82, 2.24) is 10.0 Å². The van der Waals surface area contributed by atoms with Gasteiger partial charge in [0.2, 0.25) is 0 Å². The zero-order chi connectivity index (χ0) is 21.6. The van der Waals surface area contributed by atoms with E-state index >= 15 is 0 Å². The summed E-state index contributed by atoms with van der Waals surface area (Å²) < 4.78 is 7.62. The number of carbonyl (C=O) groups is 1. The number of ether oxygens (including phenoxy) is 1. The average molecular weight is 400 g/mol. The molecule has 5 heteroatoms. The minimum atomic E-state index is -0.531. The topological polar surface area (TPSA) is 63.5 Å². The first-order valence-electron chi connectivity index (χ1n) is 9.67. The molecule has 0 radical (unpaired) electrons. The Balaban J connectivity index is 1.88. The van der Waals surface area contributed by atoms with Crippen LogP contribution in [-0.4, -0.2) is 22.8 Å². The second-order valence-corrected chi connectivity index (χ2v) is 7.56. The van der Waals surface area contributed by atoms with Crippen LogP contribution in [0.2, 0.25) is 0 Å². The highest BCUT2D eigenvalue weighted by molar-refractivity contribution is 6.11. The molecule has 1 heterocycles. The van der Waals surface area contributed by atoms with Gasteiger partial charge in [0.25, 0.3) is 5.91 Å². The largest absolute Gasteiger partial charge is 0.496 e. The van der Waals surface area contributed by atoms with E-state index in [-0.39, 0.29) is 0 Å². The van der Waals surface area contributed by atoms with E-state index in [0.717, 1.165) is 55.4 Å². The molecule has 0 saturated heterocycles. The Morgan fingerprint density at radius 3 is 2.17 bits per heavy atom. The third-order valence-corrected chi connectivity index (χ3v) is 5.91. The van der Waals surface area contributed by atoms with Crippen LogP contribution >= 0.6 is 0 Å². The van der Waals surface area contributed by atoms with E-state index in [0.29, 0.717) is 5.56 Å². The summed E-state index contributed by atoms with van der Waals surface area (Å²) in [4.78, 5) is 11.9. The molecular weight excluding hydrogens is 376 g/mol. The Kier molecular flexibility index (Phi) is 4.84. The van der Waals surface area contributed by atoms with Crippen LogP contribution in [0.1, 0.15) is 32.6 Å². The lowest BCUT2D eigenvalue weighted by Gasteiger charge is -2.13. The number of benzene rings is 3. The first-order valence-corrected chi connectivity index (χ1v) is 9.67. The fraction of sp³-hybridized carbons (Fsp3) is 0.160. The van der Waals surface area contributed by atoms with Crippen LogP contribution in [-0.2, 0) is 7.05 Å². The Morgan fingerprint density at radius 1 is 0.967 bits per heavy atom. The van der Waals surface area contributed by atoms with Crippen molar-refractivity contribution in [3.63, 3.8) is 0 Å². The predicted molar refractivity (Wildman–Crippen MR) is 120 cm³/mol. The molecule has 152 valence electrons. The Labute approximate surface area is 175 Å². The number of hydroxylamine groups is 1. The second-order valence-electron chi connectivity index (χ2n) is 7.56. The van der Waals surface area contributed by atoms with Gasteiger partial charge in [-0.1, -0.05) is 18.7 Å². The van der Waals surface area contributed by atoms with Gasteiger partial charge < -0.3 is 9.30 Å². The highest BCUT2D eigenvalue weighted by Gasteiger charge is 2.14. The monoisotopic (exact) mass is 400 g/mol. The van der Waals surface area contributed by atoms with E-state index in [9.17, 15) is 4.79 Å². The quantitative estimate of drug-likeness (QED) is 0.368. The van der Waals surface area contributed by atoms with Gasteiger partial charge in [-0.3, -0.25) is 10.0 Å². The number of aromatic nitrogens is 1. The molecule has 0 fully saturated rings. The SMILES string of the molecule is C=C(c1cc(C)c(C)c(OC)c1)c1ccc2c(c1)c1cc(C(=O)NO)ccc1n2C. The third kappa shape index (κ3) is 3.04. The lowest BCUT2D eigenvalue weighted by atomic mass is 9.94. The number of nitrogens with one attached hydrogen (secondary N) is 1. The number of methoxy groups -OCH3 is 1. The number of amides is 1. The third-order valence-electron chi connectivity index (χ3n) is 5.91. The molecule has 0 unspecified atom stereocenters. The van der Waals surface area contributed by atoms with E-state index in [4.69, 9.17) is 9.94 Å². The van der Waals surface area contributed by atoms with Gasteiger partial charge in [0.05, 0.1) is 7.11 Å². The number of fused-ring (bicyclic) bond motifs is 3. The number of nitrogens with zero attached hydrogens (tertiary/aromatic N) is 1. The molecular formula is C25H24N2O3. The Hall–Kier alpha value is -3.57. The van der Waals surface area contributed by atoms with E-state index in [1.54, 1.807) is 24.7 Å². The standard InChI is InChI=1S/C25H24N2O3/c1-14-10-19(13-24(30-5)15(14)2)16(3)17-6-8-22-20(11-17)21-12-18(25(28)26-29)7-9-23(21)27(22)4/h6-13,29H,3H2,1-2,4-5H3,(H,26,28). The average Bonchev–Trinajstić information content (AvgIpc) is 3.05. The number of rotatable bonds is 4. The predicted octanol–water partition coefficient (Wildman–Crippen LogP) is 5.14. The summed E-state index contributed by atoms with van der Waals surface area (Å²) >= 11 is 0. The van der Waals surface area contributed by atoms with Gasteiger partial charge in [-0.25, -0.2) is 5.48 Å². The second kappa shape index (κ2) is 7.35. The zero-order valence-electron chi connectivity index (χ0n) is 17.5. The van der Waals surface area contributed by atoms with Crippen LogP contribution in [0.5, 0.6) is 5.75 Å². The van der Waals surface area contributed by atoms with Gasteiger partial charge in [-0.05, 0) is 78.1 Å². The van der Waals surface area contributed by atoms with Crippen molar-refractivity contribution in [2.45, 2.75) is 13.8 Å². The van der Waals surface area contributed by atoms with Gasteiger partial charge in [0.1, 0.15) is 5.75 Å². The molecule has 0 atom stereocenters. The summed E-state index contributed by atoms with van der Waals surface area (Å²) in [6.07, 6.45) is 0. The smallest absolute Gasteiger partial charge is 0.274 e. The van der Waals surface area contributed by atoms with E-state index in [1.165, 1.54) is 0 Å². The van der Waals surface area contributed by atoms with Crippen molar-refractivity contribution in [3.05, 3.63) is 82.9 Å².